The molecule has 0 saturated heterocycles. The Labute approximate surface area is 187 Å². The summed E-state index contributed by atoms with van der Waals surface area (Å²) in [6.07, 6.45) is 2.70. The first-order valence-electron chi connectivity index (χ1n) is 9.51. The maximum Gasteiger partial charge on any atom is 0.379 e. The average molecular weight is 453 g/mol. The van der Waals surface area contributed by atoms with Crippen molar-refractivity contribution in [3.63, 3.8) is 0 Å². The Balaban J connectivity index is 1.57. The summed E-state index contributed by atoms with van der Waals surface area (Å²) < 4.78 is 20.7. The molecule has 11 nitrogen and oxygen atoms in total. The molecule has 170 valence electrons. The second-order valence-corrected chi connectivity index (χ2v) is 6.59. The van der Waals surface area contributed by atoms with Gasteiger partial charge in [-0.25, -0.2) is 10.2 Å². The van der Waals surface area contributed by atoms with Crippen LogP contribution in [-0.2, 0) is 4.79 Å². The van der Waals surface area contributed by atoms with Crippen LogP contribution in [0.5, 0.6) is 17.2 Å². The minimum atomic E-state index is -0.680. The first-order valence-corrected chi connectivity index (χ1v) is 9.51. The number of benzene rings is 2. The van der Waals surface area contributed by atoms with Crippen molar-refractivity contribution >= 4 is 23.8 Å². The van der Waals surface area contributed by atoms with Crippen LogP contribution in [0.25, 0.3) is 0 Å². The van der Waals surface area contributed by atoms with Crippen LogP contribution in [0, 0.1) is 17.0 Å². The fourth-order valence-electron chi connectivity index (χ4n) is 2.64. The van der Waals surface area contributed by atoms with Crippen LogP contribution in [0.4, 0.5) is 5.69 Å². The maximum absolute atomic E-state index is 12.0. The molecule has 0 saturated carbocycles. The van der Waals surface area contributed by atoms with Gasteiger partial charge >= 0.3 is 11.7 Å². The van der Waals surface area contributed by atoms with Gasteiger partial charge in [-0.05, 0) is 54.4 Å². The molecule has 1 heterocycles. The van der Waals surface area contributed by atoms with E-state index in [1.54, 1.807) is 31.2 Å². The minimum absolute atomic E-state index is 0.0193. The van der Waals surface area contributed by atoms with Gasteiger partial charge in [-0.1, -0.05) is 6.07 Å². The van der Waals surface area contributed by atoms with Gasteiger partial charge in [-0.2, -0.15) is 5.10 Å². The highest BCUT2D eigenvalue weighted by molar-refractivity contribution is 5.89. The Morgan fingerprint density at radius 3 is 2.64 bits per heavy atom. The Hall–Kier alpha value is -4.67. The number of nitro groups is 1. The number of hydrogen-bond acceptors (Lipinski definition) is 9. The number of hydrogen-bond donors (Lipinski definition) is 1. The van der Waals surface area contributed by atoms with Crippen LogP contribution < -0.4 is 19.6 Å². The topological polar surface area (TPSA) is 142 Å². The van der Waals surface area contributed by atoms with Gasteiger partial charge in [0.2, 0.25) is 5.76 Å². The van der Waals surface area contributed by atoms with E-state index in [9.17, 15) is 19.7 Å². The molecule has 1 amide bonds. The number of rotatable bonds is 9. The SMILES string of the molecule is COc1cc(/C=N/NC(=O)COc2ccc(C)cc2[N+](=O)[O-])ccc1OC(=O)c1ccco1. The average Bonchev–Trinajstić information content (AvgIpc) is 3.34. The number of carbonyl (C=O) groups is 2. The first kappa shape index (κ1) is 23.0. The molecule has 0 aliphatic rings. The highest BCUT2D eigenvalue weighted by Crippen LogP contribution is 2.29. The van der Waals surface area contributed by atoms with Crippen molar-refractivity contribution in [2.45, 2.75) is 6.92 Å². The van der Waals surface area contributed by atoms with Gasteiger partial charge in [0.15, 0.2) is 23.9 Å². The van der Waals surface area contributed by atoms with Crippen molar-refractivity contribution in [1.82, 2.24) is 5.43 Å². The lowest BCUT2D eigenvalue weighted by atomic mass is 10.2. The largest absolute Gasteiger partial charge is 0.493 e. The molecule has 1 N–H and O–H groups in total. The van der Waals surface area contributed by atoms with E-state index < -0.39 is 23.4 Å². The summed E-state index contributed by atoms with van der Waals surface area (Å²) in [6, 6.07) is 12.1. The van der Waals surface area contributed by atoms with Crippen LogP contribution in [0.2, 0.25) is 0 Å². The molecule has 0 bridgehead atoms. The van der Waals surface area contributed by atoms with E-state index in [1.165, 1.54) is 43.9 Å². The van der Waals surface area contributed by atoms with E-state index in [0.29, 0.717) is 11.1 Å². The van der Waals surface area contributed by atoms with Crippen LogP contribution in [0.3, 0.4) is 0 Å². The molecule has 1 aromatic heterocycles. The summed E-state index contributed by atoms with van der Waals surface area (Å²) in [4.78, 5) is 34.5. The number of nitrogens with one attached hydrogen (secondary N) is 1. The van der Waals surface area contributed by atoms with Gasteiger partial charge in [0.05, 0.1) is 24.5 Å². The third-order valence-electron chi connectivity index (χ3n) is 4.19. The fraction of sp³-hybridized carbons (Fsp3) is 0.136. The number of nitro benzene ring substituents is 1. The van der Waals surface area contributed by atoms with Crippen molar-refractivity contribution in [3.8, 4) is 17.2 Å². The number of furan rings is 1. The number of nitrogens with zero attached hydrogens (tertiary/aromatic N) is 2. The van der Waals surface area contributed by atoms with Crippen molar-refractivity contribution in [3.05, 3.63) is 81.8 Å². The summed E-state index contributed by atoms with van der Waals surface area (Å²) >= 11 is 0. The maximum atomic E-state index is 12.0. The molecule has 0 aliphatic heterocycles. The summed E-state index contributed by atoms with van der Waals surface area (Å²) in [5, 5.41) is 14.9. The summed E-state index contributed by atoms with van der Waals surface area (Å²) in [7, 11) is 1.41. The summed E-state index contributed by atoms with van der Waals surface area (Å²) in [5.74, 6) is -0.830. The Morgan fingerprint density at radius 1 is 1.15 bits per heavy atom. The third-order valence-corrected chi connectivity index (χ3v) is 4.19. The van der Waals surface area contributed by atoms with Crippen molar-refractivity contribution in [2.75, 3.05) is 13.7 Å². The van der Waals surface area contributed by atoms with Crippen LogP contribution in [0.1, 0.15) is 21.7 Å². The van der Waals surface area contributed by atoms with E-state index in [2.05, 4.69) is 10.5 Å². The Kier molecular flexibility index (Phi) is 7.37. The molecule has 0 unspecified atom stereocenters. The van der Waals surface area contributed by atoms with Crippen molar-refractivity contribution < 1.29 is 33.1 Å². The van der Waals surface area contributed by atoms with Crippen LogP contribution >= 0.6 is 0 Å². The standard InChI is InChI=1S/C22H19N3O8/c1-14-5-7-17(16(10-14)25(28)29)32-13-21(26)24-23-12-15-6-8-18(20(11-15)30-2)33-22(27)19-4-3-9-31-19/h3-12H,13H2,1-2H3,(H,24,26)/b23-12+. The first-order chi connectivity index (χ1) is 15.9. The Morgan fingerprint density at radius 2 is 1.94 bits per heavy atom. The second kappa shape index (κ2) is 10.6. The van der Waals surface area contributed by atoms with E-state index in [1.807, 2.05) is 0 Å². The van der Waals surface area contributed by atoms with Crippen LogP contribution in [-0.4, -0.2) is 36.7 Å². The Bertz CT molecular complexity index is 1190. The predicted octanol–water partition coefficient (Wildman–Crippen LogP) is 3.25. The number of methoxy groups -OCH3 is 1. The summed E-state index contributed by atoms with van der Waals surface area (Å²) in [5.41, 5.74) is 3.27. The lowest BCUT2D eigenvalue weighted by Crippen LogP contribution is -2.24. The molecule has 0 atom stereocenters. The number of aryl methyl sites for hydroxylation is 1. The highest BCUT2D eigenvalue weighted by atomic mass is 16.6. The van der Waals surface area contributed by atoms with Gasteiger partial charge < -0.3 is 18.6 Å². The zero-order valence-corrected chi connectivity index (χ0v) is 17.6. The molecule has 0 fully saturated rings. The third kappa shape index (κ3) is 6.17. The molecule has 0 aliphatic carbocycles. The number of amides is 1. The van der Waals surface area contributed by atoms with Crippen LogP contribution in [0.15, 0.2) is 64.3 Å². The molecule has 2 aromatic carbocycles. The number of ether oxygens (including phenoxy) is 3. The van der Waals surface area contributed by atoms with Gasteiger partial charge in [0.1, 0.15) is 0 Å². The summed E-state index contributed by atoms with van der Waals surface area (Å²) in [6.45, 7) is 1.25. The number of hydrazone groups is 1. The fourth-order valence-corrected chi connectivity index (χ4v) is 2.64. The van der Waals surface area contributed by atoms with Gasteiger partial charge in [0, 0.05) is 6.07 Å². The van der Waals surface area contributed by atoms with Gasteiger partial charge in [-0.15, -0.1) is 0 Å². The second-order valence-electron chi connectivity index (χ2n) is 6.59. The monoisotopic (exact) mass is 453 g/mol. The van der Waals surface area contributed by atoms with Gasteiger partial charge in [0.25, 0.3) is 5.91 Å². The van der Waals surface area contributed by atoms with E-state index in [-0.39, 0.29) is 28.7 Å². The number of carbonyl (C=O) groups excluding carboxylic acids is 2. The van der Waals surface area contributed by atoms with E-state index in [4.69, 9.17) is 18.6 Å². The normalized spacial score (nSPS) is 10.6. The minimum Gasteiger partial charge on any atom is -0.493 e. The smallest absolute Gasteiger partial charge is 0.379 e. The van der Waals surface area contributed by atoms with Crippen molar-refractivity contribution in [2.24, 2.45) is 5.10 Å². The molecule has 33 heavy (non-hydrogen) atoms. The molecule has 3 rings (SSSR count). The predicted molar refractivity (Wildman–Crippen MR) is 116 cm³/mol. The number of esters is 1. The molecule has 0 radical (unpaired) electrons. The molecule has 11 heteroatoms. The molecule has 3 aromatic rings. The molecular formula is C22H19N3O8. The highest BCUT2D eigenvalue weighted by Gasteiger charge is 2.17. The lowest BCUT2D eigenvalue weighted by molar-refractivity contribution is -0.385. The quantitative estimate of drug-likeness (QED) is 0.171. The van der Waals surface area contributed by atoms with E-state index >= 15 is 0 Å². The molecular weight excluding hydrogens is 434 g/mol. The lowest BCUT2D eigenvalue weighted by Gasteiger charge is -2.09. The van der Waals surface area contributed by atoms with Gasteiger partial charge in [-0.3, -0.25) is 14.9 Å². The zero-order valence-electron chi connectivity index (χ0n) is 17.6. The van der Waals surface area contributed by atoms with E-state index in [0.717, 1.165) is 0 Å². The zero-order chi connectivity index (χ0) is 23.8. The molecule has 0 spiro atoms. The van der Waals surface area contributed by atoms with Crippen molar-refractivity contribution in [1.29, 1.82) is 0 Å².